The maximum absolute atomic E-state index is 11.9. The summed E-state index contributed by atoms with van der Waals surface area (Å²) in [6.07, 6.45) is 0.448. The van der Waals surface area contributed by atoms with Crippen molar-refractivity contribution in [3.63, 3.8) is 0 Å². The lowest BCUT2D eigenvalue weighted by molar-refractivity contribution is 0.0771. The Morgan fingerprint density at radius 1 is 1.44 bits per heavy atom. The Hall–Kier alpha value is -1.51. The van der Waals surface area contributed by atoms with Crippen LogP contribution in [-0.4, -0.2) is 19.0 Å². The summed E-state index contributed by atoms with van der Waals surface area (Å²) in [5.41, 5.74) is 0.665. The quantitative estimate of drug-likeness (QED) is 0.768. The van der Waals surface area contributed by atoms with Crippen molar-refractivity contribution in [2.24, 2.45) is 5.92 Å². The Kier molecular flexibility index (Phi) is 2.86. The minimum Gasteiger partial charge on any atom is -0.497 e. The molecule has 0 aromatic heterocycles. The van der Waals surface area contributed by atoms with Crippen molar-refractivity contribution in [1.29, 1.82) is 0 Å². The lowest BCUT2D eigenvalue weighted by atomic mass is 9.94. The first kappa shape index (κ1) is 11.0. The minimum atomic E-state index is -0.0212. The smallest absolute Gasteiger partial charge is 0.170 e. The maximum Gasteiger partial charge on any atom is 0.170 e. The van der Waals surface area contributed by atoms with Crippen LogP contribution in [0.25, 0.3) is 0 Å². The van der Waals surface area contributed by atoms with Crippen LogP contribution in [0.2, 0.25) is 0 Å². The van der Waals surface area contributed by atoms with Crippen molar-refractivity contribution in [3.8, 4) is 11.5 Å². The highest BCUT2D eigenvalue weighted by Crippen LogP contribution is 2.33. The van der Waals surface area contributed by atoms with E-state index in [2.05, 4.69) is 13.8 Å². The third-order valence-electron chi connectivity index (χ3n) is 2.90. The standard InChI is InChI=1S/C13H16O3/c1-8(2)12-7-11(14)10-5-4-9(15-3)6-13(10)16-12/h4-6,8,12H,7H2,1-3H3. The molecule has 0 amide bonds. The molecule has 0 saturated heterocycles. The van der Waals surface area contributed by atoms with Crippen LogP contribution in [-0.2, 0) is 0 Å². The molecular weight excluding hydrogens is 204 g/mol. The van der Waals surface area contributed by atoms with Crippen LogP contribution >= 0.6 is 0 Å². The molecule has 1 unspecified atom stereocenters. The number of ketones is 1. The molecule has 1 aromatic carbocycles. The molecule has 1 aromatic rings. The summed E-state index contributed by atoms with van der Waals surface area (Å²) in [4.78, 5) is 11.9. The van der Waals surface area contributed by atoms with Crippen LogP contribution in [0, 0.1) is 5.92 Å². The van der Waals surface area contributed by atoms with Gasteiger partial charge in [-0.15, -0.1) is 0 Å². The van der Waals surface area contributed by atoms with Gasteiger partial charge in [-0.1, -0.05) is 13.8 Å². The number of hydrogen-bond donors (Lipinski definition) is 0. The number of rotatable bonds is 2. The van der Waals surface area contributed by atoms with E-state index in [1.54, 1.807) is 25.3 Å². The van der Waals surface area contributed by atoms with Gasteiger partial charge in [0.15, 0.2) is 5.78 Å². The number of hydrogen-bond acceptors (Lipinski definition) is 3. The largest absolute Gasteiger partial charge is 0.497 e. The first-order valence-corrected chi connectivity index (χ1v) is 5.49. The highest BCUT2D eigenvalue weighted by atomic mass is 16.5. The van der Waals surface area contributed by atoms with Gasteiger partial charge in [-0.25, -0.2) is 0 Å². The van der Waals surface area contributed by atoms with Crippen LogP contribution in [0.4, 0.5) is 0 Å². The van der Waals surface area contributed by atoms with Crippen molar-refractivity contribution >= 4 is 5.78 Å². The molecule has 0 saturated carbocycles. The van der Waals surface area contributed by atoms with Crippen LogP contribution in [0.1, 0.15) is 30.6 Å². The lowest BCUT2D eigenvalue weighted by Gasteiger charge is -2.28. The van der Waals surface area contributed by atoms with Crippen molar-refractivity contribution in [1.82, 2.24) is 0 Å². The monoisotopic (exact) mass is 220 g/mol. The van der Waals surface area contributed by atoms with E-state index in [1.165, 1.54) is 0 Å². The fourth-order valence-corrected chi connectivity index (χ4v) is 1.83. The normalized spacial score (nSPS) is 19.2. The van der Waals surface area contributed by atoms with Gasteiger partial charge in [-0.3, -0.25) is 4.79 Å². The van der Waals surface area contributed by atoms with E-state index in [0.29, 0.717) is 23.7 Å². The molecule has 0 bridgehead atoms. The Labute approximate surface area is 95.4 Å². The molecule has 1 aliphatic heterocycles. The van der Waals surface area contributed by atoms with Gasteiger partial charge < -0.3 is 9.47 Å². The zero-order valence-corrected chi connectivity index (χ0v) is 9.82. The first-order valence-electron chi connectivity index (χ1n) is 5.49. The molecule has 1 atom stereocenters. The van der Waals surface area contributed by atoms with E-state index >= 15 is 0 Å². The third-order valence-corrected chi connectivity index (χ3v) is 2.90. The van der Waals surface area contributed by atoms with Crippen LogP contribution in [0.5, 0.6) is 11.5 Å². The zero-order valence-electron chi connectivity index (χ0n) is 9.82. The number of carbonyl (C=O) groups is 1. The summed E-state index contributed by atoms with van der Waals surface area (Å²) in [6.45, 7) is 4.12. The van der Waals surface area contributed by atoms with Gasteiger partial charge in [0, 0.05) is 12.5 Å². The molecule has 1 heterocycles. The minimum absolute atomic E-state index is 0.0212. The molecule has 0 radical (unpaired) electrons. The van der Waals surface area contributed by atoms with E-state index in [1.807, 2.05) is 0 Å². The van der Waals surface area contributed by atoms with Crippen LogP contribution in [0.15, 0.2) is 18.2 Å². The summed E-state index contributed by atoms with van der Waals surface area (Å²) >= 11 is 0. The van der Waals surface area contributed by atoms with E-state index in [4.69, 9.17) is 9.47 Å². The summed E-state index contributed by atoms with van der Waals surface area (Å²) in [6, 6.07) is 5.34. The maximum atomic E-state index is 11.9. The number of ether oxygens (including phenoxy) is 2. The molecule has 2 rings (SSSR count). The molecule has 86 valence electrons. The molecular formula is C13H16O3. The molecule has 0 fully saturated rings. The average molecular weight is 220 g/mol. The number of Topliss-reactive ketones (excluding diaryl/α,β-unsaturated/α-hetero) is 1. The summed E-state index contributed by atoms with van der Waals surface area (Å²) in [5, 5.41) is 0. The fourth-order valence-electron chi connectivity index (χ4n) is 1.83. The van der Waals surface area contributed by atoms with Gasteiger partial charge in [0.1, 0.15) is 17.6 Å². The number of benzene rings is 1. The molecule has 3 nitrogen and oxygen atoms in total. The second-order valence-corrected chi connectivity index (χ2v) is 4.39. The van der Waals surface area contributed by atoms with Gasteiger partial charge in [-0.2, -0.15) is 0 Å². The predicted octanol–water partition coefficient (Wildman–Crippen LogP) is 2.69. The molecule has 1 aliphatic rings. The Bertz CT molecular complexity index is 410. The van der Waals surface area contributed by atoms with Crippen LogP contribution < -0.4 is 9.47 Å². The van der Waals surface area contributed by atoms with Crippen molar-refractivity contribution in [2.75, 3.05) is 7.11 Å². The van der Waals surface area contributed by atoms with Crippen molar-refractivity contribution < 1.29 is 14.3 Å². The highest BCUT2D eigenvalue weighted by molar-refractivity contribution is 6.00. The van der Waals surface area contributed by atoms with Gasteiger partial charge in [-0.05, 0) is 18.1 Å². The lowest BCUT2D eigenvalue weighted by Crippen LogP contribution is -2.31. The number of fused-ring (bicyclic) bond motifs is 1. The Morgan fingerprint density at radius 3 is 2.81 bits per heavy atom. The SMILES string of the molecule is COc1ccc2c(c1)OC(C(C)C)CC2=O. The van der Waals surface area contributed by atoms with E-state index in [9.17, 15) is 4.79 Å². The van der Waals surface area contributed by atoms with E-state index in [0.717, 1.165) is 5.75 Å². The number of methoxy groups -OCH3 is 1. The molecule has 3 heteroatoms. The molecule has 0 aliphatic carbocycles. The topological polar surface area (TPSA) is 35.5 Å². The summed E-state index contributed by atoms with van der Waals surface area (Å²) in [7, 11) is 1.60. The van der Waals surface area contributed by atoms with Gasteiger partial charge in [0.05, 0.1) is 12.7 Å². The Balaban J connectivity index is 2.35. The van der Waals surface area contributed by atoms with Gasteiger partial charge in [0.25, 0.3) is 0 Å². The van der Waals surface area contributed by atoms with E-state index < -0.39 is 0 Å². The van der Waals surface area contributed by atoms with Gasteiger partial charge >= 0.3 is 0 Å². The third kappa shape index (κ3) is 1.90. The predicted molar refractivity (Wildman–Crippen MR) is 61.2 cm³/mol. The van der Waals surface area contributed by atoms with E-state index in [-0.39, 0.29) is 11.9 Å². The van der Waals surface area contributed by atoms with Crippen molar-refractivity contribution in [3.05, 3.63) is 23.8 Å². The van der Waals surface area contributed by atoms with Gasteiger partial charge in [0.2, 0.25) is 0 Å². The molecule has 16 heavy (non-hydrogen) atoms. The summed E-state index contributed by atoms with van der Waals surface area (Å²) < 4.78 is 10.9. The zero-order chi connectivity index (χ0) is 11.7. The second kappa shape index (κ2) is 4.16. The first-order chi connectivity index (χ1) is 7.61. The molecule has 0 spiro atoms. The molecule has 0 N–H and O–H groups in total. The van der Waals surface area contributed by atoms with Crippen molar-refractivity contribution in [2.45, 2.75) is 26.4 Å². The summed E-state index contributed by atoms with van der Waals surface area (Å²) in [5.74, 6) is 1.86. The fraction of sp³-hybridized carbons (Fsp3) is 0.462. The van der Waals surface area contributed by atoms with Crippen LogP contribution in [0.3, 0.4) is 0 Å². The second-order valence-electron chi connectivity index (χ2n) is 4.39. The Morgan fingerprint density at radius 2 is 2.19 bits per heavy atom. The number of carbonyl (C=O) groups excluding carboxylic acids is 1. The average Bonchev–Trinajstić information content (AvgIpc) is 2.28. The highest BCUT2D eigenvalue weighted by Gasteiger charge is 2.28.